The molecule has 126 valence electrons. The van der Waals surface area contributed by atoms with E-state index >= 15 is 0 Å². The molecular weight excluding hydrogens is 302 g/mol. The number of aromatic nitrogens is 1. The Balaban J connectivity index is 1.45. The minimum atomic E-state index is -0.330. The van der Waals surface area contributed by atoms with Crippen LogP contribution in [0.2, 0.25) is 0 Å². The Morgan fingerprint density at radius 2 is 2.29 bits per heavy atom. The largest absolute Gasteiger partial charge is 0.355 e. The lowest BCUT2D eigenvalue weighted by molar-refractivity contribution is -0.125. The van der Waals surface area contributed by atoms with Crippen molar-refractivity contribution in [2.45, 2.75) is 50.4 Å². The zero-order chi connectivity index (χ0) is 16.8. The number of amides is 1. The van der Waals surface area contributed by atoms with Crippen LogP contribution in [0.1, 0.15) is 37.8 Å². The molecule has 0 aromatic carbocycles. The Kier molecular flexibility index (Phi) is 5.21. The Hall–Kier alpha value is -2.26. The number of terminal acetylenes is 1. The molecule has 1 aromatic heterocycles. The Morgan fingerprint density at radius 1 is 1.42 bits per heavy atom. The molecule has 24 heavy (non-hydrogen) atoms. The average molecular weight is 325 g/mol. The molecule has 2 aliphatic heterocycles. The summed E-state index contributed by atoms with van der Waals surface area (Å²) in [4.78, 5) is 19.1. The molecule has 0 aliphatic carbocycles. The lowest BCUT2D eigenvalue weighted by atomic mass is 10.0. The quantitative estimate of drug-likeness (QED) is 0.744. The van der Waals surface area contributed by atoms with Crippen LogP contribution in [0.4, 0.5) is 0 Å². The van der Waals surface area contributed by atoms with Gasteiger partial charge in [0.2, 0.25) is 5.91 Å². The predicted molar refractivity (Wildman–Crippen MR) is 90.9 cm³/mol. The van der Waals surface area contributed by atoms with Gasteiger partial charge in [0.25, 0.3) is 0 Å². The minimum Gasteiger partial charge on any atom is -0.355 e. The summed E-state index contributed by atoms with van der Waals surface area (Å²) in [5, 5.41) is 11.2. The van der Waals surface area contributed by atoms with Crippen LogP contribution < -0.4 is 5.32 Å². The van der Waals surface area contributed by atoms with Gasteiger partial charge in [-0.15, -0.1) is 12.3 Å². The summed E-state index contributed by atoms with van der Waals surface area (Å²) in [6, 6.07) is 5.81. The third-order valence-electron chi connectivity index (χ3n) is 4.63. The van der Waals surface area contributed by atoms with Gasteiger partial charge in [-0.3, -0.25) is 14.7 Å². The molecule has 1 saturated heterocycles. The van der Waals surface area contributed by atoms with Gasteiger partial charge in [0, 0.05) is 38.5 Å². The van der Waals surface area contributed by atoms with Crippen molar-refractivity contribution in [3.05, 3.63) is 30.1 Å². The second kappa shape index (κ2) is 7.54. The van der Waals surface area contributed by atoms with Crippen molar-refractivity contribution in [1.29, 1.82) is 0 Å². The molecule has 1 amide bonds. The molecule has 2 aliphatic rings. The van der Waals surface area contributed by atoms with Crippen LogP contribution in [0, 0.1) is 12.3 Å². The van der Waals surface area contributed by atoms with Gasteiger partial charge in [-0.25, -0.2) is 0 Å². The van der Waals surface area contributed by atoms with Crippen molar-refractivity contribution in [1.82, 2.24) is 15.2 Å². The molecule has 0 radical (unpaired) electrons. The van der Waals surface area contributed by atoms with Crippen molar-refractivity contribution in [2.75, 3.05) is 13.1 Å². The van der Waals surface area contributed by atoms with Crippen LogP contribution >= 0.6 is 0 Å². The molecule has 6 nitrogen and oxygen atoms in total. The van der Waals surface area contributed by atoms with E-state index in [2.05, 4.69) is 31.3 Å². The monoisotopic (exact) mass is 325 g/mol. The zero-order valence-corrected chi connectivity index (χ0v) is 13.8. The van der Waals surface area contributed by atoms with E-state index in [1.807, 2.05) is 18.2 Å². The first-order valence-corrected chi connectivity index (χ1v) is 8.52. The van der Waals surface area contributed by atoms with Crippen molar-refractivity contribution in [3.63, 3.8) is 0 Å². The van der Waals surface area contributed by atoms with Crippen LogP contribution in [-0.4, -0.2) is 40.6 Å². The van der Waals surface area contributed by atoms with Gasteiger partial charge in [-0.1, -0.05) is 6.07 Å². The fraction of sp³-hybridized carbons (Fsp3) is 0.556. The SMILES string of the molecule is C#CCCC1(CCNC(=O)C2CCCN2Cc2ccccn2)N=N1. The van der Waals surface area contributed by atoms with E-state index in [4.69, 9.17) is 6.42 Å². The highest BCUT2D eigenvalue weighted by molar-refractivity contribution is 5.82. The molecule has 3 heterocycles. The summed E-state index contributed by atoms with van der Waals surface area (Å²) in [6.45, 7) is 2.24. The lowest BCUT2D eigenvalue weighted by Gasteiger charge is -2.23. The first kappa shape index (κ1) is 16.6. The second-order valence-electron chi connectivity index (χ2n) is 6.38. The number of pyridine rings is 1. The van der Waals surface area contributed by atoms with Crippen molar-refractivity contribution >= 4 is 5.91 Å². The summed E-state index contributed by atoms with van der Waals surface area (Å²) in [5.41, 5.74) is 0.671. The molecule has 1 unspecified atom stereocenters. The summed E-state index contributed by atoms with van der Waals surface area (Å²) >= 11 is 0. The van der Waals surface area contributed by atoms with E-state index in [0.717, 1.165) is 44.5 Å². The molecule has 1 N–H and O–H groups in total. The van der Waals surface area contributed by atoms with Crippen LogP contribution in [0.25, 0.3) is 0 Å². The zero-order valence-electron chi connectivity index (χ0n) is 13.8. The first-order chi connectivity index (χ1) is 11.7. The van der Waals surface area contributed by atoms with Gasteiger partial charge in [0.15, 0.2) is 5.66 Å². The van der Waals surface area contributed by atoms with E-state index < -0.39 is 0 Å². The summed E-state index contributed by atoms with van der Waals surface area (Å²) < 4.78 is 0. The van der Waals surface area contributed by atoms with Gasteiger partial charge >= 0.3 is 0 Å². The maximum absolute atomic E-state index is 12.5. The summed E-state index contributed by atoms with van der Waals surface area (Å²) in [5.74, 6) is 2.71. The standard InChI is InChI=1S/C18H23N5O/c1-2-3-9-18(21-22-18)10-12-20-17(24)16-8-6-13-23(16)14-15-7-4-5-11-19-15/h1,4-5,7,11,16H,3,6,8-10,12-14H2,(H,20,24). The maximum atomic E-state index is 12.5. The fourth-order valence-electron chi connectivity index (χ4n) is 3.18. The summed E-state index contributed by atoms with van der Waals surface area (Å²) in [6.07, 6.45) is 11.2. The maximum Gasteiger partial charge on any atom is 0.237 e. The normalized spacial score (nSPS) is 21.4. The lowest BCUT2D eigenvalue weighted by Crippen LogP contribution is -2.43. The average Bonchev–Trinajstić information content (AvgIpc) is 3.22. The number of hydrogen-bond donors (Lipinski definition) is 1. The van der Waals surface area contributed by atoms with E-state index in [1.54, 1.807) is 6.20 Å². The third kappa shape index (κ3) is 4.18. The fourth-order valence-corrected chi connectivity index (χ4v) is 3.18. The van der Waals surface area contributed by atoms with Gasteiger partial charge in [-0.05, 0) is 31.5 Å². The number of rotatable bonds is 8. The number of hydrogen-bond acceptors (Lipinski definition) is 5. The van der Waals surface area contributed by atoms with Gasteiger partial charge in [0.05, 0.1) is 11.7 Å². The molecule has 1 aromatic rings. The molecule has 1 atom stereocenters. The van der Waals surface area contributed by atoms with Gasteiger partial charge in [-0.2, -0.15) is 10.2 Å². The summed E-state index contributed by atoms with van der Waals surface area (Å²) in [7, 11) is 0. The minimum absolute atomic E-state index is 0.0678. The molecular formula is C18H23N5O. The molecule has 6 heteroatoms. The Labute approximate surface area is 142 Å². The molecule has 0 bridgehead atoms. The number of carbonyl (C=O) groups excluding carboxylic acids is 1. The smallest absolute Gasteiger partial charge is 0.237 e. The number of carbonyl (C=O) groups is 1. The molecule has 0 spiro atoms. The van der Waals surface area contributed by atoms with E-state index in [0.29, 0.717) is 13.0 Å². The van der Waals surface area contributed by atoms with Crippen LogP contribution in [0.15, 0.2) is 34.6 Å². The number of nitrogens with zero attached hydrogens (tertiary/aromatic N) is 4. The van der Waals surface area contributed by atoms with Crippen molar-refractivity contribution in [3.8, 4) is 12.3 Å². The Morgan fingerprint density at radius 3 is 3.00 bits per heavy atom. The molecule has 3 rings (SSSR count). The molecule has 1 fully saturated rings. The third-order valence-corrected chi connectivity index (χ3v) is 4.63. The Bertz CT molecular complexity index is 631. The first-order valence-electron chi connectivity index (χ1n) is 8.52. The predicted octanol–water partition coefficient (Wildman–Crippen LogP) is 2.13. The van der Waals surface area contributed by atoms with E-state index in [9.17, 15) is 4.79 Å². The number of nitrogens with one attached hydrogen (secondary N) is 1. The van der Waals surface area contributed by atoms with Gasteiger partial charge < -0.3 is 5.32 Å². The van der Waals surface area contributed by atoms with E-state index in [1.165, 1.54) is 0 Å². The molecule has 0 saturated carbocycles. The van der Waals surface area contributed by atoms with Crippen molar-refractivity contribution < 1.29 is 4.79 Å². The van der Waals surface area contributed by atoms with E-state index in [-0.39, 0.29) is 17.6 Å². The van der Waals surface area contributed by atoms with Gasteiger partial charge in [0.1, 0.15) is 0 Å². The second-order valence-corrected chi connectivity index (χ2v) is 6.38. The topological polar surface area (TPSA) is 70.0 Å². The number of likely N-dealkylation sites (tertiary alicyclic amines) is 1. The highest BCUT2D eigenvalue weighted by Gasteiger charge is 2.39. The highest BCUT2D eigenvalue weighted by atomic mass is 16.2. The van der Waals surface area contributed by atoms with Crippen LogP contribution in [0.5, 0.6) is 0 Å². The van der Waals surface area contributed by atoms with Crippen LogP contribution in [0.3, 0.4) is 0 Å². The van der Waals surface area contributed by atoms with Crippen molar-refractivity contribution in [2.24, 2.45) is 10.2 Å². The van der Waals surface area contributed by atoms with Crippen LogP contribution in [-0.2, 0) is 11.3 Å². The highest BCUT2D eigenvalue weighted by Crippen LogP contribution is 2.36.